The summed E-state index contributed by atoms with van der Waals surface area (Å²) in [5.41, 5.74) is -0.959. The number of carboxylic acid groups (broad SMARTS) is 1. The van der Waals surface area contributed by atoms with Gasteiger partial charge in [-0.1, -0.05) is 0 Å². The molecule has 0 radical (unpaired) electrons. The van der Waals surface area contributed by atoms with Gasteiger partial charge in [0.25, 0.3) is 0 Å². The quantitative estimate of drug-likeness (QED) is 0.585. The summed E-state index contributed by atoms with van der Waals surface area (Å²) in [7, 11) is 0. The average molecular weight is 261 g/mol. The van der Waals surface area contributed by atoms with Gasteiger partial charge in [-0.2, -0.15) is 0 Å². The summed E-state index contributed by atoms with van der Waals surface area (Å²) in [6.07, 6.45) is 0.296. The summed E-state index contributed by atoms with van der Waals surface area (Å²) < 4.78 is 10.7. The second kappa shape index (κ2) is 8.45. The van der Waals surface area contributed by atoms with E-state index in [-0.39, 0.29) is 12.1 Å². The first-order valence-corrected chi connectivity index (χ1v) is 6.52. The van der Waals surface area contributed by atoms with Gasteiger partial charge in [-0.25, -0.2) is 0 Å². The van der Waals surface area contributed by atoms with Crippen molar-refractivity contribution in [2.24, 2.45) is 0 Å². The fourth-order valence-corrected chi connectivity index (χ4v) is 1.93. The van der Waals surface area contributed by atoms with Crippen LogP contribution in [0.3, 0.4) is 0 Å². The van der Waals surface area contributed by atoms with E-state index in [1.807, 2.05) is 27.7 Å². The standard InChI is InChI=1S/C13H27NO4/c1-6-17-7-8-18-11(4)9-13(5,12(15)16)14-10(2)3/h10-11,14H,6-9H2,1-5H3,(H,15,16). The maximum Gasteiger partial charge on any atom is 0.323 e. The molecule has 2 atom stereocenters. The van der Waals surface area contributed by atoms with Crippen LogP contribution in [0.25, 0.3) is 0 Å². The van der Waals surface area contributed by atoms with Crippen LogP contribution in [0.2, 0.25) is 0 Å². The summed E-state index contributed by atoms with van der Waals surface area (Å²) in [5.74, 6) is -0.851. The van der Waals surface area contributed by atoms with Gasteiger partial charge >= 0.3 is 5.97 Å². The molecule has 0 aromatic rings. The van der Waals surface area contributed by atoms with Crippen molar-refractivity contribution < 1.29 is 19.4 Å². The van der Waals surface area contributed by atoms with Crippen LogP contribution in [0.1, 0.15) is 41.0 Å². The Labute approximate surface area is 110 Å². The van der Waals surface area contributed by atoms with Crippen LogP contribution in [0.15, 0.2) is 0 Å². The minimum Gasteiger partial charge on any atom is -0.480 e. The Balaban J connectivity index is 4.19. The highest BCUT2D eigenvalue weighted by Crippen LogP contribution is 2.16. The highest BCUT2D eigenvalue weighted by Gasteiger charge is 2.35. The molecule has 0 heterocycles. The van der Waals surface area contributed by atoms with Gasteiger partial charge in [-0.3, -0.25) is 10.1 Å². The third-order valence-electron chi connectivity index (χ3n) is 2.61. The van der Waals surface area contributed by atoms with Crippen LogP contribution in [0, 0.1) is 0 Å². The van der Waals surface area contributed by atoms with Gasteiger partial charge in [0.05, 0.1) is 19.3 Å². The molecule has 0 spiro atoms. The number of carbonyl (C=O) groups is 1. The number of ether oxygens (including phenoxy) is 2. The highest BCUT2D eigenvalue weighted by molar-refractivity contribution is 5.78. The minimum atomic E-state index is -0.959. The van der Waals surface area contributed by atoms with Crippen LogP contribution < -0.4 is 5.32 Å². The Bertz CT molecular complexity index is 245. The van der Waals surface area contributed by atoms with E-state index in [1.54, 1.807) is 6.92 Å². The molecule has 0 aromatic heterocycles. The van der Waals surface area contributed by atoms with Crippen molar-refractivity contribution in [2.45, 2.75) is 58.7 Å². The van der Waals surface area contributed by atoms with Gasteiger partial charge in [0.1, 0.15) is 5.54 Å². The van der Waals surface area contributed by atoms with Gasteiger partial charge in [-0.05, 0) is 34.6 Å². The molecule has 5 heteroatoms. The monoisotopic (exact) mass is 261 g/mol. The van der Waals surface area contributed by atoms with Gasteiger partial charge in [-0.15, -0.1) is 0 Å². The lowest BCUT2D eigenvalue weighted by molar-refractivity contribution is -0.146. The zero-order valence-electron chi connectivity index (χ0n) is 12.2. The Morgan fingerprint density at radius 1 is 1.33 bits per heavy atom. The fourth-order valence-electron chi connectivity index (χ4n) is 1.93. The van der Waals surface area contributed by atoms with Crippen molar-refractivity contribution in [3.63, 3.8) is 0 Å². The molecule has 0 aliphatic carbocycles. The van der Waals surface area contributed by atoms with E-state index in [9.17, 15) is 9.90 Å². The SMILES string of the molecule is CCOCCOC(C)CC(C)(NC(C)C)C(=O)O. The largest absolute Gasteiger partial charge is 0.480 e. The lowest BCUT2D eigenvalue weighted by Gasteiger charge is -2.31. The van der Waals surface area contributed by atoms with Crippen LogP contribution >= 0.6 is 0 Å². The van der Waals surface area contributed by atoms with E-state index in [0.717, 1.165) is 0 Å². The maximum absolute atomic E-state index is 11.3. The zero-order chi connectivity index (χ0) is 14.2. The van der Waals surface area contributed by atoms with E-state index in [4.69, 9.17) is 9.47 Å². The number of aliphatic carboxylic acids is 1. The molecule has 0 aromatic carbocycles. The van der Waals surface area contributed by atoms with Gasteiger partial charge in [0.2, 0.25) is 0 Å². The Hall–Kier alpha value is -0.650. The van der Waals surface area contributed by atoms with E-state index in [1.165, 1.54) is 0 Å². The van der Waals surface area contributed by atoms with Crippen molar-refractivity contribution in [3.8, 4) is 0 Å². The second-order valence-electron chi connectivity index (χ2n) is 5.02. The molecule has 5 nitrogen and oxygen atoms in total. The molecule has 0 fully saturated rings. The molecule has 0 saturated carbocycles. The average Bonchev–Trinajstić information content (AvgIpc) is 2.23. The molecule has 18 heavy (non-hydrogen) atoms. The Morgan fingerprint density at radius 2 is 1.94 bits per heavy atom. The van der Waals surface area contributed by atoms with Crippen molar-refractivity contribution >= 4 is 5.97 Å². The fraction of sp³-hybridized carbons (Fsp3) is 0.923. The topological polar surface area (TPSA) is 67.8 Å². The number of nitrogens with one attached hydrogen (secondary N) is 1. The van der Waals surface area contributed by atoms with Crippen molar-refractivity contribution in [1.29, 1.82) is 0 Å². The lowest BCUT2D eigenvalue weighted by Crippen LogP contribution is -2.54. The predicted octanol–water partition coefficient (Wildman–Crippen LogP) is 1.66. The Morgan fingerprint density at radius 3 is 2.39 bits per heavy atom. The number of carboxylic acids is 1. The zero-order valence-corrected chi connectivity index (χ0v) is 12.2. The summed E-state index contributed by atoms with van der Waals surface area (Å²) in [5, 5.41) is 12.4. The summed E-state index contributed by atoms with van der Waals surface area (Å²) in [6.45, 7) is 11.1. The van der Waals surface area contributed by atoms with Crippen LogP contribution in [-0.2, 0) is 14.3 Å². The molecule has 0 bridgehead atoms. The van der Waals surface area contributed by atoms with E-state index >= 15 is 0 Å². The molecule has 0 aliphatic heterocycles. The molecule has 0 saturated heterocycles. The summed E-state index contributed by atoms with van der Waals surface area (Å²) in [4.78, 5) is 11.3. The van der Waals surface area contributed by atoms with Gasteiger partial charge in [0, 0.05) is 19.1 Å². The number of rotatable bonds is 10. The van der Waals surface area contributed by atoms with Crippen LogP contribution in [-0.4, -0.2) is 48.6 Å². The first-order chi connectivity index (χ1) is 8.31. The maximum atomic E-state index is 11.3. The molecule has 0 rings (SSSR count). The first-order valence-electron chi connectivity index (χ1n) is 6.52. The first kappa shape index (κ1) is 17.4. The van der Waals surface area contributed by atoms with Crippen molar-refractivity contribution in [3.05, 3.63) is 0 Å². The normalized spacial score (nSPS) is 16.6. The lowest BCUT2D eigenvalue weighted by atomic mass is 9.94. The number of hydrogen-bond acceptors (Lipinski definition) is 4. The van der Waals surface area contributed by atoms with Crippen LogP contribution in [0.4, 0.5) is 0 Å². The third-order valence-corrected chi connectivity index (χ3v) is 2.61. The van der Waals surface area contributed by atoms with E-state index in [0.29, 0.717) is 26.2 Å². The summed E-state index contributed by atoms with van der Waals surface area (Å²) in [6, 6.07) is 0.113. The van der Waals surface area contributed by atoms with Gasteiger partial charge in [0.15, 0.2) is 0 Å². The number of hydrogen-bond donors (Lipinski definition) is 2. The molecular formula is C13H27NO4. The smallest absolute Gasteiger partial charge is 0.323 e. The molecule has 2 N–H and O–H groups in total. The summed E-state index contributed by atoms with van der Waals surface area (Å²) >= 11 is 0. The molecule has 108 valence electrons. The van der Waals surface area contributed by atoms with Crippen molar-refractivity contribution in [2.75, 3.05) is 19.8 Å². The highest BCUT2D eigenvalue weighted by atomic mass is 16.5. The molecule has 0 aliphatic rings. The second-order valence-corrected chi connectivity index (χ2v) is 5.02. The minimum absolute atomic E-state index is 0.113. The Kier molecular flexibility index (Phi) is 8.15. The molecule has 2 unspecified atom stereocenters. The van der Waals surface area contributed by atoms with E-state index < -0.39 is 11.5 Å². The molecular weight excluding hydrogens is 234 g/mol. The van der Waals surface area contributed by atoms with Gasteiger partial charge < -0.3 is 14.6 Å². The van der Waals surface area contributed by atoms with Crippen molar-refractivity contribution in [1.82, 2.24) is 5.32 Å². The molecule has 0 amide bonds. The van der Waals surface area contributed by atoms with Crippen LogP contribution in [0.5, 0.6) is 0 Å². The third kappa shape index (κ3) is 6.93. The predicted molar refractivity (Wildman–Crippen MR) is 70.8 cm³/mol. The van der Waals surface area contributed by atoms with E-state index in [2.05, 4.69) is 5.32 Å².